The molecule has 0 bridgehead atoms. The second-order valence-corrected chi connectivity index (χ2v) is 7.37. The fourth-order valence-corrected chi connectivity index (χ4v) is 4.14. The molecule has 1 saturated heterocycles. The number of ether oxygens (including phenoxy) is 1. The van der Waals surface area contributed by atoms with Gasteiger partial charge in [0.25, 0.3) is 5.91 Å². The maximum absolute atomic E-state index is 13.1. The van der Waals surface area contributed by atoms with E-state index in [4.69, 9.17) is 4.74 Å². The third kappa shape index (κ3) is 3.31. The zero-order valence-electron chi connectivity index (χ0n) is 16.3. The molecular weight excluding hydrogens is 368 g/mol. The van der Waals surface area contributed by atoms with Gasteiger partial charge in [-0.2, -0.15) is 0 Å². The van der Waals surface area contributed by atoms with Crippen molar-refractivity contribution in [1.82, 2.24) is 0 Å². The van der Waals surface area contributed by atoms with Gasteiger partial charge in [-0.05, 0) is 36.6 Å². The van der Waals surface area contributed by atoms with Gasteiger partial charge in [0.2, 0.25) is 11.8 Å². The fourth-order valence-electron chi connectivity index (χ4n) is 4.14. The number of nitrogens with one attached hydrogen (secondary N) is 1. The Bertz CT molecular complexity index is 1010. The lowest BCUT2D eigenvalue weighted by atomic mass is 9.78. The van der Waals surface area contributed by atoms with E-state index in [2.05, 4.69) is 5.32 Å². The van der Waals surface area contributed by atoms with Gasteiger partial charge in [0.15, 0.2) is 0 Å². The second-order valence-electron chi connectivity index (χ2n) is 7.37. The Kier molecular flexibility index (Phi) is 4.92. The summed E-state index contributed by atoms with van der Waals surface area (Å²) in [6, 6.07) is 13.7. The Morgan fingerprint density at radius 2 is 1.90 bits per heavy atom. The van der Waals surface area contributed by atoms with E-state index in [1.807, 2.05) is 19.1 Å². The van der Waals surface area contributed by atoms with Crippen LogP contribution in [0.5, 0.6) is 5.75 Å². The number of rotatable bonds is 4. The molecule has 0 aromatic heterocycles. The SMILES string of the molecule is COc1cccc(NC(=O)c2ccccc2N2C(=O)[C@@H]3[C@H](C)C=CC[C@H]3C2=O)c1. The fraction of sp³-hybridized carbons (Fsp3) is 0.261. The van der Waals surface area contributed by atoms with Gasteiger partial charge in [0, 0.05) is 11.8 Å². The lowest BCUT2D eigenvalue weighted by Gasteiger charge is -2.22. The molecule has 2 aliphatic rings. The van der Waals surface area contributed by atoms with Crippen molar-refractivity contribution in [2.75, 3.05) is 17.3 Å². The van der Waals surface area contributed by atoms with E-state index >= 15 is 0 Å². The lowest BCUT2D eigenvalue weighted by molar-refractivity contribution is -0.122. The highest BCUT2D eigenvalue weighted by Crippen LogP contribution is 2.41. The molecule has 3 atom stereocenters. The number of allylic oxidation sites excluding steroid dienone is 2. The zero-order valence-corrected chi connectivity index (χ0v) is 16.3. The van der Waals surface area contributed by atoms with Crippen LogP contribution in [0.3, 0.4) is 0 Å². The van der Waals surface area contributed by atoms with Crippen molar-refractivity contribution in [3.8, 4) is 5.75 Å². The van der Waals surface area contributed by atoms with E-state index in [1.54, 1.807) is 55.6 Å². The first-order valence-electron chi connectivity index (χ1n) is 9.60. The van der Waals surface area contributed by atoms with E-state index in [0.29, 0.717) is 23.5 Å². The van der Waals surface area contributed by atoms with Crippen LogP contribution < -0.4 is 15.0 Å². The molecule has 3 amide bonds. The molecule has 1 fully saturated rings. The third-order valence-corrected chi connectivity index (χ3v) is 5.59. The molecule has 2 aromatic rings. The smallest absolute Gasteiger partial charge is 0.257 e. The highest BCUT2D eigenvalue weighted by molar-refractivity contribution is 6.25. The molecule has 1 aliphatic heterocycles. The van der Waals surface area contributed by atoms with Gasteiger partial charge in [-0.1, -0.05) is 37.3 Å². The molecule has 148 valence electrons. The van der Waals surface area contributed by atoms with Crippen molar-refractivity contribution < 1.29 is 19.1 Å². The summed E-state index contributed by atoms with van der Waals surface area (Å²) in [4.78, 5) is 40.3. The van der Waals surface area contributed by atoms with Crippen LogP contribution in [-0.2, 0) is 9.59 Å². The van der Waals surface area contributed by atoms with E-state index in [0.717, 1.165) is 0 Å². The van der Waals surface area contributed by atoms with Crippen LogP contribution in [0, 0.1) is 17.8 Å². The van der Waals surface area contributed by atoms with Crippen LogP contribution in [0.1, 0.15) is 23.7 Å². The summed E-state index contributed by atoms with van der Waals surface area (Å²) in [5.74, 6) is -0.995. The summed E-state index contributed by atoms with van der Waals surface area (Å²) in [6.45, 7) is 1.95. The Labute approximate surface area is 169 Å². The van der Waals surface area contributed by atoms with Crippen molar-refractivity contribution in [2.24, 2.45) is 17.8 Å². The van der Waals surface area contributed by atoms with Crippen molar-refractivity contribution in [3.63, 3.8) is 0 Å². The van der Waals surface area contributed by atoms with Gasteiger partial charge in [0.1, 0.15) is 5.75 Å². The molecule has 2 aromatic carbocycles. The van der Waals surface area contributed by atoms with E-state index in [9.17, 15) is 14.4 Å². The summed E-state index contributed by atoms with van der Waals surface area (Å²) in [5, 5.41) is 2.82. The number of hydrogen-bond acceptors (Lipinski definition) is 4. The molecule has 1 heterocycles. The zero-order chi connectivity index (χ0) is 20.5. The predicted molar refractivity (Wildman–Crippen MR) is 110 cm³/mol. The van der Waals surface area contributed by atoms with E-state index in [1.165, 1.54) is 4.90 Å². The normalized spacial score (nSPS) is 23.1. The molecule has 1 N–H and O–H groups in total. The van der Waals surface area contributed by atoms with Crippen LogP contribution in [0.25, 0.3) is 0 Å². The number of imide groups is 1. The van der Waals surface area contributed by atoms with Crippen LogP contribution in [0.15, 0.2) is 60.7 Å². The Hall–Kier alpha value is -3.41. The molecule has 0 radical (unpaired) electrons. The number of amides is 3. The predicted octanol–water partition coefficient (Wildman–Crippen LogP) is 3.65. The maximum Gasteiger partial charge on any atom is 0.257 e. The Morgan fingerprint density at radius 3 is 2.66 bits per heavy atom. The summed E-state index contributed by atoms with van der Waals surface area (Å²) < 4.78 is 5.18. The van der Waals surface area contributed by atoms with Crippen molar-refractivity contribution in [3.05, 3.63) is 66.2 Å². The first kappa shape index (κ1) is 18.9. The monoisotopic (exact) mass is 390 g/mol. The highest BCUT2D eigenvalue weighted by atomic mass is 16.5. The Morgan fingerprint density at radius 1 is 1.10 bits per heavy atom. The number of anilines is 2. The van der Waals surface area contributed by atoms with Crippen LogP contribution in [0.4, 0.5) is 11.4 Å². The quantitative estimate of drug-likeness (QED) is 0.639. The second kappa shape index (κ2) is 7.54. The minimum absolute atomic E-state index is 0.00651. The van der Waals surface area contributed by atoms with Gasteiger partial charge in [-0.15, -0.1) is 0 Å². The average Bonchev–Trinajstić information content (AvgIpc) is 2.99. The molecular formula is C23H22N2O4. The van der Waals surface area contributed by atoms with Crippen LogP contribution >= 0.6 is 0 Å². The Balaban J connectivity index is 1.66. The molecule has 6 nitrogen and oxygen atoms in total. The number of para-hydroxylation sites is 1. The van der Waals surface area contributed by atoms with Gasteiger partial charge < -0.3 is 10.1 Å². The van der Waals surface area contributed by atoms with Gasteiger partial charge >= 0.3 is 0 Å². The first-order valence-corrected chi connectivity index (χ1v) is 9.60. The maximum atomic E-state index is 13.1. The molecule has 29 heavy (non-hydrogen) atoms. The molecule has 1 aliphatic carbocycles. The molecule has 0 saturated carbocycles. The largest absolute Gasteiger partial charge is 0.497 e. The van der Waals surface area contributed by atoms with Crippen LogP contribution in [0.2, 0.25) is 0 Å². The van der Waals surface area contributed by atoms with Crippen molar-refractivity contribution in [1.29, 1.82) is 0 Å². The number of benzene rings is 2. The van der Waals surface area contributed by atoms with Gasteiger partial charge in [0.05, 0.1) is 30.2 Å². The highest BCUT2D eigenvalue weighted by Gasteiger charge is 2.51. The number of carbonyl (C=O) groups is 3. The van der Waals surface area contributed by atoms with Gasteiger partial charge in [-0.25, -0.2) is 4.90 Å². The van der Waals surface area contributed by atoms with E-state index in [-0.39, 0.29) is 35.1 Å². The van der Waals surface area contributed by atoms with Gasteiger partial charge in [-0.3, -0.25) is 14.4 Å². The minimum atomic E-state index is -0.393. The number of hydrogen-bond donors (Lipinski definition) is 1. The number of nitrogens with zero attached hydrogens (tertiary/aromatic N) is 1. The number of fused-ring (bicyclic) bond motifs is 1. The molecule has 4 rings (SSSR count). The van der Waals surface area contributed by atoms with Crippen molar-refractivity contribution in [2.45, 2.75) is 13.3 Å². The molecule has 0 unspecified atom stereocenters. The van der Waals surface area contributed by atoms with Crippen LogP contribution in [-0.4, -0.2) is 24.8 Å². The lowest BCUT2D eigenvalue weighted by Crippen LogP contribution is -2.33. The average molecular weight is 390 g/mol. The standard InChI is InChI=1S/C23H22N2O4/c1-14-7-5-11-18-20(14)23(28)25(22(18)27)19-12-4-3-10-17(19)21(26)24-15-8-6-9-16(13-15)29-2/h3-10,12-14,18,20H,11H2,1-2H3,(H,24,26)/t14-,18-,20-/m1/s1. The third-order valence-electron chi connectivity index (χ3n) is 5.59. The molecule has 0 spiro atoms. The van der Waals surface area contributed by atoms with Crippen molar-refractivity contribution >= 4 is 29.1 Å². The van der Waals surface area contributed by atoms with E-state index < -0.39 is 5.91 Å². The molecule has 6 heteroatoms. The summed E-state index contributed by atoms with van der Waals surface area (Å²) >= 11 is 0. The minimum Gasteiger partial charge on any atom is -0.497 e. The number of methoxy groups -OCH3 is 1. The topological polar surface area (TPSA) is 75.7 Å². The summed E-state index contributed by atoms with van der Waals surface area (Å²) in [7, 11) is 1.55. The first-order chi connectivity index (χ1) is 14.0. The number of carbonyl (C=O) groups excluding carboxylic acids is 3. The summed E-state index contributed by atoms with van der Waals surface area (Å²) in [5.41, 5.74) is 1.16. The summed E-state index contributed by atoms with van der Waals surface area (Å²) in [6.07, 6.45) is 4.49.